The van der Waals surface area contributed by atoms with Gasteiger partial charge in [-0.2, -0.15) is 9.40 Å². The highest BCUT2D eigenvalue weighted by molar-refractivity contribution is 7.89. The van der Waals surface area contributed by atoms with Gasteiger partial charge in [-0.1, -0.05) is 26.3 Å². The number of piperazine rings is 1. The van der Waals surface area contributed by atoms with E-state index in [1.165, 1.54) is 25.8 Å². The van der Waals surface area contributed by atoms with Gasteiger partial charge in [0.15, 0.2) is 11.3 Å². The van der Waals surface area contributed by atoms with Crippen LogP contribution in [0.5, 0.6) is 5.88 Å². The van der Waals surface area contributed by atoms with E-state index in [2.05, 4.69) is 21.8 Å². The Morgan fingerprint density at radius 3 is 2.48 bits per heavy atom. The standard InChI is InChI=1S/C27H34N8O4S/c1-5-10-21-23-24(35(31-21)22-11-8-9-12-28-22)27(36)32(4)25(30-23)20-17-19(18-29-26(20)39-7-3)40(37,38)34-15-13-33(6-2)14-16-34/h8-9,11-12,17-18H,5-7,10,13-16H2,1-4H3. The zero-order chi connectivity index (χ0) is 28.4. The van der Waals surface area contributed by atoms with Gasteiger partial charge in [0.25, 0.3) is 5.56 Å². The predicted octanol–water partition coefficient (Wildman–Crippen LogP) is 2.25. The average Bonchev–Trinajstić information content (AvgIpc) is 3.34. The van der Waals surface area contributed by atoms with E-state index in [0.29, 0.717) is 67.3 Å². The Labute approximate surface area is 233 Å². The largest absolute Gasteiger partial charge is 0.477 e. The number of rotatable bonds is 9. The number of aryl methyl sites for hydroxylation is 1. The normalized spacial score (nSPS) is 15.1. The van der Waals surface area contributed by atoms with Crippen LogP contribution in [-0.2, 0) is 23.5 Å². The number of likely N-dealkylation sites (N-methyl/N-ethyl adjacent to an activating group) is 1. The lowest BCUT2D eigenvalue weighted by atomic mass is 10.2. The summed E-state index contributed by atoms with van der Waals surface area (Å²) < 4.78 is 37.4. The topological polar surface area (TPSA) is 128 Å². The van der Waals surface area contributed by atoms with E-state index in [9.17, 15) is 13.2 Å². The molecule has 1 saturated heterocycles. The highest BCUT2D eigenvalue weighted by Crippen LogP contribution is 2.31. The lowest BCUT2D eigenvalue weighted by molar-refractivity contribution is 0.196. The van der Waals surface area contributed by atoms with Crippen molar-refractivity contribution >= 4 is 21.1 Å². The van der Waals surface area contributed by atoms with Crippen LogP contribution in [0.2, 0.25) is 0 Å². The molecule has 0 aliphatic carbocycles. The van der Waals surface area contributed by atoms with Crippen molar-refractivity contribution in [3.05, 3.63) is 52.7 Å². The molecule has 212 valence electrons. The van der Waals surface area contributed by atoms with E-state index in [1.807, 2.05) is 19.9 Å². The van der Waals surface area contributed by atoms with Crippen molar-refractivity contribution < 1.29 is 13.2 Å². The fraction of sp³-hybridized carbons (Fsp3) is 0.444. The van der Waals surface area contributed by atoms with Crippen molar-refractivity contribution in [1.82, 2.24) is 38.5 Å². The monoisotopic (exact) mass is 566 g/mol. The van der Waals surface area contributed by atoms with Crippen LogP contribution in [0, 0.1) is 0 Å². The molecular weight excluding hydrogens is 532 g/mol. The van der Waals surface area contributed by atoms with Crippen molar-refractivity contribution in [2.75, 3.05) is 39.3 Å². The van der Waals surface area contributed by atoms with E-state index >= 15 is 0 Å². The van der Waals surface area contributed by atoms with Crippen molar-refractivity contribution in [2.45, 2.75) is 38.5 Å². The molecular formula is C27H34N8O4S. The minimum absolute atomic E-state index is 0.0307. The number of pyridine rings is 2. The summed E-state index contributed by atoms with van der Waals surface area (Å²) in [6.07, 6.45) is 4.35. The van der Waals surface area contributed by atoms with E-state index < -0.39 is 10.0 Å². The van der Waals surface area contributed by atoms with Gasteiger partial charge in [-0.3, -0.25) is 9.36 Å². The minimum Gasteiger partial charge on any atom is -0.477 e. The molecule has 5 rings (SSSR count). The zero-order valence-electron chi connectivity index (χ0n) is 23.2. The second kappa shape index (κ2) is 11.4. The van der Waals surface area contributed by atoms with Crippen molar-refractivity contribution in [2.24, 2.45) is 7.05 Å². The molecule has 5 heterocycles. The Morgan fingerprint density at radius 1 is 1.05 bits per heavy atom. The van der Waals surface area contributed by atoms with Crippen LogP contribution in [0.3, 0.4) is 0 Å². The van der Waals surface area contributed by atoms with E-state index in [4.69, 9.17) is 14.8 Å². The van der Waals surface area contributed by atoms with Gasteiger partial charge in [0.1, 0.15) is 16.2 Å². The molecule has 1 fully saturated rings. The number of sulfonamides is 1. The number of hydrogen-bond donors (Lipinski definition) is 0. The van der Waals surface area contributed by atoms with E-state index in [1.54, 1.807) is 25.4 Å². The van der Waals surface area contributed by atoms with Crippen molar-refractivity contribution in [3.8, 4) is 23.1 Å². The minimum atomic E-state index is -3.82. The fourth-order valence-electron chi connectivity index (χ4n) is 4.91. The Hall–Kier alpha value is -3.68. The summed E-state index contributed by atoms with van der Waals surface area (Å²) in [5.74, 6) is 0.960. The SMILES string of the molecule is CCCc1nn(-c2ccccn2)c2c(=O)n(C)c(-c3cc(S(=O)(=O)N4CCN(CC)CC4)cnc3OCC)nc12. The molecule has 0 spiro atoms. The molecule has 40 heavy (non-hydrogen) atoms. The quantitative estimate of drug-likeness (QED) is 0.300. The Balaban J connectivity index is 1.68. The van der Waals surface area contributed by atoms with Gasteiger partial charge in [-0.25, -0.2) is 28.1 Å². The van der Waals surface area contributed by atoms with Crippen molar-refractivity contribution in [3.63, 3.8) is 0 Å². The molecule has 0 unspecified atom stereocenters. The number of fused-ring (bicyclic) bond motifs is 1. The number of aromatic nitrogens is 6. The molecule has 0 amide bonds. The first-order valence-electron chi connectivity index (χ1n) is 13.6. The van der Waals surface area contributed by atoms with Gasteiger partial charge in [0.2, 0.25) is 15.9 Å². The Bertz CT molecular complexity index is 1680. The molecule has 1 aliphatic rings. The van der Waals surface area contributed by atoms with E-state index in [-0.39, 0.29) is 22.2 Å². The van der Waals surface area contributed by atoms with Gasteiger partial charge in [0, 0.05) is 39.4 Å². The number of hydrogen-bond acceptors (Lipinski definition) is 9. The number of nitrogens with zero attached hydrogens (tertiary/aromatic N) is 8. The molecule has 4 aromatic rings. The number of ether oxygens (including phenoxy) is 1. The molecule has 0 N–H and O–H groups in total. The third-order valence-corrected chi connectivity index (χ3v) is 8.95. The summed E-state index contributed by atoms with van der Waals surface area (Å²) in [5.41, 5.74) is 1.39. The second-order valence-corrected chi connectivity index (χ2v) is 11.5. The molecule has 1 aliphatic heterocycles. The lowest BCUT2D eigenvalue weighted by Crippen LogP contribution is -2.48. The Morgan fingerprint density at radius 2 is 1.82 bits per heavy atom. The highest BCUT2D eigenvalue weighted by Gasteiger charge is 2.30. The maximum absolute atomic E-state index is 13.8. The summed E-state index contributed by atoms with van der Waals surface area (Å²) in [7, 11) is -2.22. The van der Waals surface area contributed by atoms with Gasteiger partial charge in [-0.15, -0.1) is 0 Å². The lowest BCUT2D eigenvalue weighted by Gasteiger charge is -2.33. The van der Waals surface area contributed by atoms with Crippen LogP contribution in [0.1, 0.15) is 32.9 Å². The third kappa shape index (κ3) is 5.00. The molecule has 12 nitrogen and oxygen atoms in total. The van der Waals surface area contributed by atoms with Crippen molar-refractivity contribution in [1.29, 1.82) is 0 Å². The predicted molar refractivity (Wildman–Crippen MR) is 151 cm³/mol. The van der Waals surface area contributed by atoms with E-state index in [0.717, 1.165) is 13.0 Å². The van der Waals surface area contributed by atoms with Crippen LogP contribution in [0.4, 0.5) is 0 Å². The third-order valence-electron chi connectivity index (χ3n) is 7.09. The maximum atomic E-state index is 13.8. The van der Waals surface area contributed by atoms with Crippen LogP contribution in [0.15, 0.2) is 46.3 Å². The van der Waals surface area contributed by atoms with Crippen LogP contribution >= 0.6 is 0 Å². The van der Waals surface area contributed by atoms with Gasteiger partial charge in [-0.05, 0) is 38.1 Å². The first-order valence-corrected chi connectivity index (χ1v) is 15.0. The molecule has 0 atom stereocenters. The fourth-order valence-corrected chi connectivity index (χ4v) is 6.31. The molecule has 4 aromatic heterocycles. The summed E-state index contributed by atoms with van der Waals surface area (Å²) in [5, 5.41) is 4.70. The average molecular weight is 567 g/mol. The maximum Gasteiger partial charge on any atom is 0.280 e. The van der Waals surface area contributed by atoms with Gasteiger partial charge in [0.05, 0.1) is 24.1 Å². The molecule has 0 saturated carbocycles. The van der Waals surface area contributed by atoms with Gasteiger partial charge < -0.3 is 9.64 Å². The molecule has 0 bridgehead atoms. The second-order valence-electron chi connectivity index (χ2n) is 9.59. The molecule has 0 radical (unpaired) electrons. The summed E-state index contributed by atoms with van der Waals surface area (Å²) >= 11 is 0. The van der Waals surface area contributed by atoms with Crippen LogP contribution in [0.25, 0.3) is 28.2 Å². The van der Waals surface area contributed by atoms with Gasteiger partial charge >= 0.3 is 0 Å². The smallest absolute Gasteiger partial charge is 0.280 e. The highest BCUT2D eigenvalue weighted by atomic mass is 32.2. The molecule has 0 aromatic carbocycles. The summed E-state index contributed by atoms with van der Waals surface area (Å²) in [4.78, 5) is 29.7. The zero-order valence-corrected chi connectivity index (χ0v) is 24.1. The van der Waals surface area contributed by atoms with Crippen LogP contribution in [-0.4, -0.2) is 86.3 Å². The summed E-state index contributed by atoms with van der Waals surface area (Å²) in [6.45, 7) is 9.21. The molecule has 13 heteroatoms. The van der Waals surface area contributed by atoms with Crippen LogP contribution < -0.4 is 10.3 Å². The first-order chi connectivity index (χ1) is 19.3. The Kier molecular flexibility index (Phi) is 7.97. The summed E-state index contributed by atoms with van der Waals surface area (Å²) in [6, 6.07) is 6.91. The first kappa shape index (κ1) is 27.9.